The number of benzene rings is 1. The van der Waals surface area contributed by atoms with Gasteiger partial charge in [0.1, 0.15) is 6.04 Å². The highest BCUT2D eigenvalue weighted by Crippen LogP contribution is 2.42. The zero-order valence-electron chi connectivity index (χ0n) is 10.4. The van der Waals surface area contributed by atoms with Crippen LogP contribution in [0.1, 0.15) is 11.6 Å². The number of hydrogen-bond donors (Lipinski definition) is 1. The van der Waals surface area contributed by atoms with E-state index in [0.29, 0.717) is 11.5 Å². The van der Waals surface area contributed by atoms with E-state index in [9.17, 15) is 4.79 Å². The molecule has 0 spiro atoms. The van der Waals surface area contributed by atoms with Crippen LogP contribution < -0.4 is 19.7 Å². The first-order chi connectivity index (χ1) is 8.13. The summed E-state index contributed by atoms with van der Waals surface area (Å²) in [5.74, 6) is 1.29. The van der Waals surface area contributed by atoms with Gasteiger partial charge >= 0.3 is 0 Å². The molecular weight excluding hydrogens is 220 g/mol. The number of carbonyl (C=O) groups is 1. The fourth-order valence-electron chi connectivity index (χ4n) is 2.13. The summed E-state index contributed by atoms with van der Waals surface area (Å²) in [4.78, 5) is 13.6. The van der Waals surface area contributed by atoms with Crippen molar-refractivity contribution >= 4 is 11.6 Å². The molecule has 1 atom stereocenters. The van der Waals surface area contributed by atoms with Crippen molar-refractivity contribution < 1.29 is 14.3 Å². The van der Waals surface area contributed by atoms with E-state index < -0.39 is 0 Å². The van der Waals surface area contributed by atoms with Crippen molar-refractivity contribution in [3.8, 4) is 11.5 Å². The molecule has 1 aliphatic heterocycles. The molecule has 0 fully saturated rings. The van der Waals surface area contributed by atoms with E-state index in [4.69, 9.17) is 9.47 Å². The third-order valence-electron chi connectivity index (χ3n) is 3.07. The van der Waals surface area contributed by atoms with Gasteiger partial charge in [-0.3, -0.25) is 4.79 Å². The number of likely N-dealkylation sites (N-methyl/N-ethyl adjacent to an activating group) is 2. The lowest BCUT2D eigenvalue weighted by atomic mass is 10.1. The van der Waals surface area contributed by atoms with Crippen LogP contribution in [0.4, 0.5) is 5.69 Å². The minimum Gasteiger partial charge on any atom is -0.493 e. The molecule has 1 amide bonds. The Labute approximate surface area is 100 Å². The maximum absolute atomic E-state index is 12.0. The number of carbonyl (C=O) groups excluding carboxylic acids is 1. The number of fused-ring (bicyclic) bond motifs is 1. The summed E-state index contributed by atoms with van der Waals surface area (Å²) in [6.07, 6.45) is 0. The third-order valence-corrected chi connectivity index (χ3v) is 3.07. The molecule has 0 aliphatic carbocycles. The molecule has 5 nitrogen and oxygen atoms in total. The first-order valence-electron chi connectivity index (χ1n) is 5.34. The van der Waals surface area contributed by atoms with E-state index in [0.717, 1.165) is 11.3 Å². The van der Waals surface area contributed by atoms with Gasteiger partial charge in [0.15, 0.2) is 11.5 Å². The summed E-state index contributed by atoms with van der Waals surface area (Å²) in [7, 11) is 6.68. The summed E-state index contributed by atoms with van der Waals surface area (Å²) in [5.41, 5.74) is 1.77. The molecular formula is C12H16N2O3. The van der Waals surface area contributed by atoms with Crippen LogP contribution in [0.15, 0.2) is 12.1 Å². The standard InChI is InChI=1S/C12H16N2O3/c1-13-11-7-5-9(16-3)10(17-4)6-8(7)14(2)12(11)15/h5-6,11,13H,1-4H3. The summed E-state index contributed by atoms with van der Waals surface area (Å²) < 4.78 is 10.5. The zero-order valence-corrected chi connectivity index (χ0v) is 10.4. The summed E-state index contributed by atoms with van der Waals surface area (Å²) in [5, 5.41) is 3.00. The second kappa shape index (κ2) is 4.25. The number of hydrogen-bond acceptors (Lipinski definition) is 4. The number of rotatable bonds is 3. The molecule has 92 valence electrons. The highest BCUT2D eigenvalue weighted by Gasteiger charge is 2.35. The molecule has 2 rings (SSSR count). The lowest BCUT2D eigenvalue weighted by molar-refractivity contribution is -0.119. The molecule has 0 bridgehead atoms. The minimum absolute atomic E-state index is 0.0257. The Hall–Kier alpha value is -1.75. The highest BCUT2D eigenvalue weighted by molar-refractivity contribution is 6.04. The maximum atomic E-state index is 12.0. The van der Waals surface area contributed by atoms with Gasteiger partial charge in [0.25, 0.3) is 0 Å². The van der Waals surface area contributed by atoms with Crippen molar-refractivity contribution in [1.82, 2.24) is 5.32 Å². The van der Waals surface area contributed by atoms with E-state index in [1.54, 1.807) is 33.2 Å². The molecule has 1 aliphatic rings. The molecule has 0 radical (unpaired) electrons. The molecule has 1 heterocycles. The van der Waals surface area contributed by atoms with Crippen LogP contribution >= 0.6 is 0 Å². The van der Waals surface area contributed by atoms with Gasteiger partial charge < -0.3 is 19.7 Å². The smallest absolute Gasteiger partial charge is 0.248 e. The van der Waals surface area contributed by atoms with E-state index in [2.05, 4.69) is 5.32 Å². The van der Waals surface area contributed by atoms with Crippen molar-refractivity contribution in [1.29, 1.82) is 0 Å². The second-order valence-corrected chi connectivity index (χ2v) is 3.88. The van der Waals surface area contributed by atoms with E-state index in [1.165, 1.54) is 0 Å². The van der Waals surface area contributed by atoms with Crippen LogP contribution in [0, 0.1) is 0 Å². The van der Waals surface area contributed by atoms with Gasteiger partial charge in [-0.2, -0.15) is 0 Å². The van der Waals surface area contributed by atoms with Gasteiger partial charge in [-0.25, -0.2) is 0 Å². The maximum Gasteiger partial charge on any atom is 0.248 e. The first kappa shape index (κ1) is 11.7. The Balaban J connectivity index is 2.58. The van der Waals surface area contributed by atoms with Crippen molar-refractivity contribution in [3.63, 3.8) is 0 Å². The Morgan fingerprint density at radius 1 is 1.24 bits per heavy atom. The molecule has 17 heavy (non-hydrogen) atoms. The minimum atomic E-state index is -0.310. The number of nitrogens with zero attached hydrogens (tertiary/aromatic N) is 1. The zero-order chi connectivity index (χ0) is 12.6. The lowest BCUT2D eigenvalue weighted by Gasteiger charge is -2.13. The van der Waals surface area contributed by atoms with E-state index in [1.807, 2.05) is 12.1 Å². The third kappa shape index (κ3) is 1.63. The van der Waals surface area contributed by atoms with Crippen molar-refractivity contribution in [3.05, 3.63) is 17.7 Å². The van der Waals surface area contributed by atoms with Crippen LogP contribution in [0.5, 0.6) is 11.5 Å². The Kier molecular flexibility index (Phi) is 2.93. The quantitative estimate of drug-likeness (QED) is 0.848. The summed E-state index contributed by atoms with van der Waals surface area (Å²) in [6, 6.07) is 3.36. The van der Waals surface area contributed by atoms with Gasteiger partial charge in [0.2, 0.25) is 5.91 Å². The van der Waals surface area contributed by atoms with Crippen LogP contribution in [0.3, 0.4) is 0 Å². The van der Waals surface area contributed by atoms with Gasteiger partial charge in [-0.1, -0.05) is 0 Å². The van der Waals surface area contributed by atoms with Crippen LogP contribution in [0.2, 0.25) is 0 Å². The Bertz CT molecular complexity index is 459. The van der Waals surface area contributed by atoms with Crippen molar-refractivity contribution in [2.75, 3.05) is 33.2 Å². The predicted molar refractivity (Wildman–Crippen MR) is 64.8 cm³/mol. The number of methoxy groups -OCH3 is 2. The molecule has 0 saturated heterocycles. The fraction of sp³-hybridized carbons (Fsp3) is 0.417. The van der Waals surface area contributed by atoms with Gasteiger partial charge in [0.05, 0.1) is 19.9 Å². The van der Waals surface area contributed by atoms with E-state index >= 15 is 0 Å². The van der Waals surface area contributed by atoms with Crippen molar-refractivity contribution in [2.24, 2.45) is 0 Å². The number of ether oxygens (including phenoxy) is 2. The summed E-state index contributed by atoms with van der Waals surface area (Å²) in [6.45, 7) is 0. The summed E-state index contributed by atoms with van der Waals surface area (Å²) >= 11 is 0. The average Bonchev–Trinajstić information content (AvgIpc) is 2.59. The fourth-order valence-corrected chi connectivity index (χ4v) is 2.13. The molecule has 1 aromatic rings. The number of amides is 1. The average molecular weight is 236 g/mol. The predicted octanol–water partition coefficient (Wildman–Crippen LogP) is 0.941. The molecule has 5 heteroatoms. The Morgan fingerprint density at radius 3 is 2.35 bits per heavy atom. The Morgan fingerprint density at radius 2 is 1.82 bits per heavy atom. The first-order valence-corrected chi connectivity index (χ1v) is 5.34. The molecule has 0 aromatic heterocycles. The van der Waals surface area contributed by atoms with Gasteiger partial charge in [-0.05, 0) is 13.1 Å². The number of anilines is 1. The molecule has 1 N–H and O–H groups in total. The monoisotopic (exact) mass is 236 g/mol. The molecule has 1 unspecified atom stereocenters. The highest BCUT2D eigenvalue weighted by atomic mass is 16.5. The van der Waals surface area contributed by atoms with Gasteiger partial charge in [-0.15, -0.1) is 0 Å². The lowest BCUT2D eigenvalue weighted by Crippen LogP contribution is -2.30. The normalized spacial score (nSPS) is 18.2. The molecule has 1 aromatic carbocycles. The van der Waals surface area contributed by atoms with Crippen molar-refractivity contribution in [2.45, 2.75) is 6.04 Å². The van der Waals surface area contributed by atoms with Crippen LogP contribution in [-0.4, -0.2) is 34.2 Å². The SMILES string of the molecule is CNC1C(=O)N(C)c2cc(OC)c(OC)cc21. The number of nitrogens with one attached hydrogen (secondary N) is 1. The largest absolute Gasteiger partial charge is 0.493 e. The van der Waals surface area contributed by atoms with E-state index in [-0.39, 0.29) is 11.9 Å². The van der Waals surface area contributed by atoms with Crippen LogP contribution in [-0.2, 0) is 4.79 Å². The van der Waals surface area contributed by atoms with Gasteiger partial charge in [0, 0.05) is 18.7 Å². The van der Waals surface area contributed by atoms with Crippen LogP contribution in [0.25, 0.3) is 0 Å². The topological polar surface area (TPSA) is 50.8 Å². The second-order valence-electron chi connectivity index (χ2n) is 3.88. The molecule has 0 saturated carbocycles.